The summed E-state index contributed by atoms with van der Waals surface area (Å²) in [7, 11) is 1.36. The van der Waals surface area contributed by atoms with E-state index in [2.05, 4.69) is 17.2 Å². The zero-order valence-electron chi connectivity index (χ0n) is 12.2. The van der Waals surface area contributed by atoms with Crippen LogP contribution in [0.3, 0.4) is 0 Å². The Bertz CT molecular complexity index is 476. The molecule has 5 heteroatoms. The summed E-state index contributed by atoms with van der Waals surface area (Å²) in [5.41, 5.74) is 6.57. The lowest BCUT2D eigenvalue weighted by Crippen LogP contribution is -2.21. The number of pyridine rings is 1. The van der Waals surface area contributed by atoms with Gasteiger partial charge in [0.25, 0.3) is 0 Å². The van der Waals surface area contributed by atoms with Crippen LogP contribution in [-0.4, -0.2) is 24.1 Å². The lowest BCUT2D eigenvalue weighted by atomic mass is 10.0. The van der Waals surface area contributed by atoms with Crippen LogP contribution in [0.5, 0.6) is 0 Å². The predicted octanol–water partition coefficient (Wildman–Crippen LogP) is 2.83. The average Bonchev–Trinajstić information content (AvgIpc) is 2.65. The Balaban J connectivity index is 2.14. The minimum absolute atomic E-state index is 0.361. The van der Waals surface area contributed by atoms with Crippen molar-refractivity contribution < 1.29 is 9.53 Å². The highest BCUT2D eigenvalue weighted by atomic mass is 16.5. The lowest BCUT2D eigenvalue weighted by molar-refractivity contribution is 0.0601. The van der Waals surface area contributed by atoms with Crippen molar-refractivity contribution in [2.75, 3.05) is 18.2 Å². The van der Waals surface area contributed by atoms with E-state index in [-0.39, 0.29) is 0 Å². The van der Waals surface area contributed by atoms with Crippen LogP contribution in [0.25, 0.3) is 0 Å². The van der Waals surface area contributed by atoms with E-state index < -0.39 is 5.97 Å². The Hall–Kier alpha value is -1.78. The van der Waals surface area contributed by atoms with Crippen LogP contribution in [0.1, 0.15) is 49.4 Å². The van der Waals surface area contributed by atoms with E-state index in [1.54, 1.807) is 12.3 Å². The molecule has 2 unspecified atom stereocenters. The lowest BCUT2D eigenvalue weighted by Gasteiger charge is -2.19. The van der Waals surface area contributed by atoms with Gasteiger partial charge in [0.2, 0.25) is 0 Å². The second-order valence-electron chi connectivity index (χ2n) is 5.61. The third-order valence-electron chi connectivity index (χ3n) is 3.91. The molecule has 0 bridgehead atoms. The maximum Gasteiger partial charge on any atom is 0.341 e. The van der Waals surface area contributed by atoms with Crippen LogP contribution in [0.15, 0.2) is 12.3 Å². The van der Waals surface area contributed by atoms with Gasteiger partial charge in [0.1, 0.15) is 11.4 Å². The highest BCUT2D eigenvalue weighted by Gasteiger charge is 2.20. The van der Waals surface area contributed by atoms with Gasteiger partial charge in [0.15, 0.2) is 0 Å². The van der Waals surface area contributed by atoms with E-state index >= 15 is 0 Å². The van der Waals surface area contributed by atoms with Gasteiger partial charge in [-0.3, -0.25) is 0 Å². The van der Waals surface area contributed by atoms with Crippen molar-refractivity contribution in [1.82, 2.24) is 4.98 Å². The second kappa shape index (κ2) is 6.59. The average molecular weight is 277 g/mol. The van der Waals surface area contributed by atoms with Crippen LogP contribution in [0.4, 0.5) is 11.5 Å². The van der Waals surface area contributed by atoms with Gasteiger partial charge in [0, 0.05) is 6.04 Å². The molecular weight excluding hydrogens is 254 g/mol. The molecule has 1 aliphatic rings. The number of carbonyl (C=O) groups is 1. The standard InChI is InChI=1S/C15H23N3O2/c1-10-4-3-5-12(7-6-10)18-14-13(15(19)20-2)8-11(16)9-17-14/h8-10,12H,3-7,16H2,1-2H3,(H,17,18). The number of esters is 1. The molecule has 0 aliphatic heterocycles. The van der Waals surface area contributed by atoms with Gasteiger partial charge in [-0.2, -0.15) is 0 Å². The molecule has 0 spiro atoms. The molecule has 3 N–H and O–H groups in total. The fourth-order valence-electron chi connectivity index (χ4n) is 2.69. The topological polar surface area (TPSA) is 77.2 Å². The van der Waals surface area contributed by atoms with Gasteiger partial charge in [0.05, 0.1) is 19.0 Å². The first-order valence-corrected chi connectivity index (χ1v) is 7.20. The number of carbonyl (C=O) groups excluding carboxylic acids is 1. The summed E-state index contributed by atoms with van der Waals surface area (Å²) in [6, 6.07) is 1.97. The number of rotatable bonds is 3. The summed E-state index contributed by atoms with van der Waals surface area (Å²) in [6.45, 7) is 2.30. The predicted molar refractivity (Wildman–Crippen MR) is 79.6 cm³/mol. The third-order valence-corrected chi connectivity index (χ3v) is 3.91. The molecule has 0 radical (unpaired) electrons. The highest BCUT2D eigenvalue weighted by molar-refractivity contribution is 5.95. The largest absolute Gasteiger partial charge is 0.465 e. The molecule has 1 saturated carbocycles. The van der Waals surface area contributed by atoms with Gasteiger partial charge < -0.3 is 15.8 Å². The van der Waals surface area contributed by atoms with Crippen molar-refractivity contribution in [3.05, 3.63) is 17.8 Å². The van der Waals surface area contributed by atoms with E-state index in [4.69, 9.17) is 10.5 Å². The highest BCUT2D eigenvalue weighted by Crippen LogP contribution is 2.26. The molecule has 1 aromatic rings. The van der Waals surface area contributed by atoms with Crippen molar-refractivity contribution in [3.8, 4) is 0 Å². The number of nitrogens with two attached hydrogens (primary N) is 1. The Kier molecular flexibility index (Phi) is 4.82. The van der Waals surface area contributed by atoms with Crippen molar-refractivity contribution in [1.29, 1.82) is 0 Å². The van der Waals surface area contributed by atoms with Crippen LogP contribution in [0.2, 0.25) is 0 Å². The maximum absolute atomic E-state index is 11.8. The van der Waals surface area contributed by atoms with E-state index in [9.17, 15) is 4.79 Å². The molecular formula is C15H23N3O2. The quantitative estimate of drug-likeness (QED) is 0.656. The Labute approximate surface area is 119 Å². The molecule has 1 aliphatic carbocycles. The molecule has 1 fully saturated rings. The summed E-state index contributed by atoms with van der Waals surface area (Å²) in [5, 5.41) is 3.38. The van der Waals surface area contributed by atoms with Gasteiger partial charge in [-0.15, -0.1) is 0 Å². The van der Waals surface area contributed by atoms with Crippen LogP contribution in [0, 0.1) is 5.92 Å². The zero-order chi connectivity index (χ0) is 14.5. The minimum Gasteiger partial charge on any atom is -0.465 e. The molecule has 110 valence electrons. The van der Waals surface area contributed by atoms with Crippen molar-refractivity contribution in [3.63, 3.8) is 0 Å². The van der Waals surface area contributed by atoms with E-state index in [0.717, 1.165) is 18.8 Å². The summed E-state index contributed by atoms with van der Waals surface area (Å²) < 4.78 is 4.79. The van der Waals surface area contributed by atoms with E-state index in [0.29, 0.717) is 23.1 Å². The third kappa shape index (κ3) is 3.62. The van der Waals surface area contributed by atoms with E-state index in [1.807, 2.05) is 0 Å². The Morgan fingerprint density at radius 2 is 2.20 bits per heavy atom. The van der Waals surface area contributed by atoms with Gasteiger partial charge in [-0.1, -0.05) is 19.8 Å². The summed E-state index contributed by atoms with van der Waals surface area (Å²) in [6.07, 6.45) is 7.47. The molecule has 1 aromatic heterocycles. The smallest absolute Gasteiger partial charge is 0.341 e. The maximum atomic E-state index is 11.8. The molecule has 1 heterocycles. The molecule has 5 nitrogen and oxygen atoms in total. The molecule has 20 heavy (non-hydrogen) atoms. The van der Waals surface area contributed by atoms with Crippen molar-refractivity contribution in [2.24, 2.45) is 5.92 Å². The molecule has 0 saturated heterocycles. The molecule has 2 rings (SSSR count). The number of nitrogen functional groups attached to an aromatic ring is 1. The SMILES string of the molecule is COC(=O)c1cc(N)cnc1NC1CCCC(C)CC1. The summed E-state index contributed by atoms with van der Waals surface area (Å²) >= 11 is 0. The number of hydrogen-bond acceptors (Lipinski definition) is 5. The molecule has 0 amide bonds. The number of ether oxygens (including phenoxy) is 1. The summed E-state index contributed by atoms with van der Waals surface area (Å²) in [5.74, 6) is 0.946. The second-order valence-corrected chi connectivity index (χ2v) is 5.61. The number of nitrogens with one attached hydrogen (secondary N) is 1. The van der Waals surface area contributed by atoms with Crippen molar-refractivity contribution in [2.45, 2.75) is 45.1 Å². The number of nitrogens with zero attached hydrogens (tertiary/aromatic N) is 1. The number of methoxy groups -OCH3 is 1. The monoisotopic (exact) mass is 277 g/mol. The summed E-state index contributed by atoms with van der Waals surface area (Å²) in [4.78, 5) is 16.0. The number of anilines is 2. The first kappa shape index (κ1) is 14.6. The van der Waals surface area contributed by atoms with Gasteiger partial charge >= 0.3 is 5.97 Å². The Morgan fingerprint density at radius 1 is 1.40 bits per heavy atom. The van der Waals surface area contributed by atoms with Crippen LogP contribution < -0.4 is 11.1 Å². The zero-order valence-corrected chi connectivity index (χ0v) is 12.2. The molecule has 2 atom stereocenters. The fourth-order valence-corrected chi connectivity index (χ4v) is 2.69. The van der Waals surface area contributed by atoms with Crippen LogP contribution in [-0.2, 0) is 4.74 Å². The Morgan fingerprint density at radius 3 is 2.95 bits per heavy atom. The van der Waals surface area contributed by atoms with Crippen LogP contribution >= 0.6 is 0 Å². The van der Waals surface area contributed by atoms with Crippen molar-refractivity contribution >= 4 is 17.5 Å². The first-order chi connectivity index (χ1) is 9.60. The van der Waals surface area contributed by atoms with E-state index in [1.165, 1.54) is 26.4 Å². The normalized spacial score (nSPS) is 22.9. The van der Waals surface area contributed by atoms with Gasteiger partial charge in [-0.25, -0.2) is 9.78 Å². The number of hydrogen-bond donors (Lipinski definition) is 2. The van der Waals surface area contributed by atoms with Gasteiger partial charge in [-0.05, 0) is 31.2 Å². The minimum atomic E-state index is -0.408. The molecule has 0 aromatic carbocycles. The number of aromatic nitrogens is 1. The first-order valence-electron chi connectivity index (χ1n) is 7.20. The fraction of sp³-hybridized carbons (Fsp3) is 0.600.